The van der Waals surface area contributed by atoms with Gasteiger partial charge in [-0.15, -0.1) is 0 Å². The summed E-state index contributed by atoms with van der Waals surface area (Å²) in [6.07, 6.45) is 1.59. The van der Waals surface area contributed by atoms with Gasteiger partial charge in [0.2, 0.25) is 0 Å². The number of nitrogens with zero attached hydrogens (tertiary/aromatic N) is 1. The number of rotatable bonds is 5. The number of hydrogen-bond acceptors (Lipinski definition) is 6. The minimum absolute atomic E-state index is 0.102. The Bertz CT molecular complexity index is 996. The van der Waals surface area contributed by atoms with E-state index in [1.54, 1.807) is 36.4 Å². The molecule has 0 bridgehead atoms. The van der Waals surface area contributed by atoms with E-state index in [-0.39, 0.29) is 16.6 Å². The van der Waals surface area contributed by atoms with E-state index < -0.39 is 17.7 Å². The van der Waals surface area contributed by atoms with Crippen LogP contribution in [-0.4, -0.2) is 29.9 Å². The monoisotopic (exact) mass is 481 g/mol. The van der Waals surface area contributed by atoms with E-state index in [1.807, 2.05) is 0 Å². The van der Waals surface area contributed by atoms with Crippen LogP contribution in [0.15, 0.2) is 51.8 Å². The Morgan fingerprint density at radius 1 is 1.32 bits per heavy atom. The molecule has 0 saturated carbocycles. The molecule has 1 aliphatic heterocycles. The van der Waals surface area contributed by atoms with Crippen molar-refractivity contribution in [1.29, 1.82) is 0 Å². The second kappa shape index (κ2) is 8.85. The number of esters is 1. The molecule has 2 aromatic rings. The maximum Gasteiger partial charge on any atom is 0.343 e. The number of methoxy groups -OCH3 is 1. The lowest BCUT2D eigenvalue weighted by atomic mass is 10.2. The lowest BCUT2D eigenvalue weighted by Gasteiger charge is -2.15. The quantitative estimate of drug-likeness (QED) is 0.354. The van der Waals surface area contributed by atoms with Crippen molar-refractivity contribution >= 4 is 67.9 Å². The van der Waals surface area contributed by atoms with Gasteiger partial charge in [-0.3, -0.25) is 9.69 Å². The number of para-hydroxylation sites is 1. The van der Waals surface area contributed by atoms with Gasteiger partial charge in [0.1, 0.15) is 11.6 Å². The van der Waals surface area contributed by atoms with E-state index in [0.29, 0.717) is 16.2 Å². The van der Waals surface area contributed by atoms with Crippen LogP contribution in [0.2, 0.25) is 0 Å². The van der Waals surface area contributed by atoms with Crippen molar-refractivity contribution in [3.8, 4) is 5.75 Å². The molecule has 0 unspecified atom stereocenters. The summed E-state index contributed by atoms with van der Waals surface area (Å²) in [5.74, 6) is -1.10. The van der Waals surface area contributed by atoms with Crippen LogP contribution in [0.4, 0.5) is 10.1 Å². The number of anilines is 1. The van der Waals surface area contributed by atoms with E-state index >= 15 is 0 Å². The Kier molecular flexibility index (Phi) is 6.48. The lowest BCUT2D eigenvalue weighted by Crippen LogP contribution is -2.28. The van der Waals surface area contributed by atoms with Gasteiger partial charge in [0.15, 0.2) is 10.9 Å². The maximum atomic E-state index is 14.1. The molecule has 1 saturated heterocycles. The van der Waals surface area contributed by atoms with Crippen molar-refractivity contribution in [3.05, 3.63) is 63.2 Å². The Hall–Kier alpha value is -2.23. The maximum absolute atomic E-state index is 14.1. The Morgan fingerprint density at radius 2 is 2.07 bits per heavy atom. The van der Waals surface area contributed by atoms with Gasteiger partial charge in [0.25, 0.3) is 5.91 Å². The number of carbonyl (C=O) groups excluding carboxylic acids is 2. The molecule has 0 atom stereocenters. The number of benzene rings is 2. The molecule has 1 amide bonds. The fraction of sp³-hybridized carbons (Fsp3) is 0.105. The highest BCUT2D eigenvalue weighted by atomic mass is 79.9. The topological polar surface area (TPSA) is 55.8 Å². The molecule has 5 nitrogen and oxygen atoms in total. The molecule has 1 aliphatic rings. The largest absolute Gasteiger partial charge is 0.481 e. The molecule has 0 aliphatic carbocycles. The van der Waals surface area contributed by atoms with Gasteiger partial charge < -0.3 is 9.47 Å². The van der Waals surface area contributed by atoms with E-state index in [2.05, 4.69) is 20.7 Å². The zero-order valence-electron chi connectivity index (χ0n) is 14.5. The molecule has 144 valence electrons. The standard InChI is InChI=1S/C19H13BrFNO4S2/c1-25-17(23)10-26-15-7-6-12(20)8-11(15)9-16-18(24)22(19(27)28-16)14-5-3-2-4-13(14)21/h2-9H,10H2,1H3/b16-9-. The molecule has 0 N–H and O–H groups in total. The Balaban J connectivity index is 1.93. The van der Waals surface area contributed by atoms with Crippen LogP contribution in [0.1, 0.15) is 5.56 Å². The third-order valence-corrected chi connectivity index (χ3v) is 5.51. The summed E-state index contributed by atoms with van der Waals surface area (Å²) >= 11 is 9.71. The summed E-state index contributed by atoms with van der Waals surface area (Å²) in [6, 6.07) is 11.1. The highest BCUT2D eigenvalue weighted by Crippen LogP contribution is 2.38. The highest BCUT2D eigenvalue weighted by molar-refractivity contribution is 9.10. The van der Waals surface area contributed by atoms with Crippen molar-refractivity contribution in [3.63, 3.8) is 0 Å². The summed E-state index contributed by atoms with van der Waals surface area (Å²) in [4.78, 5) is 25.7. The van der Waals surface area contributed by atoms with E-state index in [4.69, 9.17) is 17.0 Å². The number of halogens is 2. The van der Waals surface area contributed by atoms with E-state index in [1.165, 1.54) is 19.2 Å². The number of thiocarbonyl (C=S) groups is 1. The molecule has 1 fully saturated rings. The van der Waals surface area contributed by atoms with Crippen molar-refractivity contribution in [2.75, 3.05) is 18.6 Å². The summed E-state index contributed by atoms with van der Waals surface area (Å²) in [5.41, 5.74) is 0.664. The third-order valence-electron chi connectivity index (χ3n) is 3.72. The van der Waals surface area contributed by atoms with Gasteiger partial charge in [0, 0.05) is 10.0 Å². The van der Waals surface area contributed by atoms with Gasteiger partial charge in [-0.05, 0) is 36.4 Å². The average molecular weight is 482 g/mol. The first-order chi connectivity index (χ1) is 13.4. The molecule has 2 aromatic carbocycles. The van der Waals surface area contributed by atoms with E-state index in [0.717, 1.165) is 21.1 Å². The van der Waals surface area contributed by atoms with Crippen molar-refractivity contribution in [2.24, 2.45) is 0 Å². The van der Waals surface area contributed by atoms with Crippen LogP contribution in [0.25, 0.3) is 6.08 Å². The second-order valence-electron chi connectivity index (χ2n) is 5.52. The van der Waals surface area contributed by atoms with Crippen LogP contribution in [0.3, 0.4) is 0 Å². The van der Waals surface area contributed by atoms with Crippen molar-refractivity contribution in [2.45, 2.75) is 0 Å². The minimum atomic E-state index is -0.537. The number of thioether (sulfide) groups is 1. The fourth-order valence-electron chi connectivity index (χ4n) is 2.41. The SMILES string of the molecule is COC(=O)COc1ccc(Br)cc1/C=C1\SC(=S)N(c2ccccc2F)C1=O. The Morgan fingerprint density at radius 3 is 2.79 bits per heavy atom. The Labute approximate surface area is 178 Å². The van der Waals surface area contributed by atoms with Crippen molar-refractivity contribution in [1.82, 2.24) is 0 Å². The summed E-state index contributed by atoms with van der Waals surface area (Å²) in [6.45, 7) is -0.269. The molecule has 0 spiro atoms. The average Bonchev–Trinajstić information content (AvgIpc) is 2.94. The molecule has 0 aromatic heterocycles. The normalized spacial score (nSPS) is 15.2. The number of amides is 1. The lowest BCUT2D eigenvalue weighted by molar-refractivity contribution is -0.142. The smallest absolute Gasteiger partial charge is 0.343 e. The summed E-state index contributed by atoms with van der Waals surface area (Å²) in [7, 11) is 1.27. The highest BCUT2D eigenvalue weighted by Gasteiger charge is 2.34. The zero-order valence-corrected chi connectivity index (χ0v) is 17.7. The van der Waals surface area contributed by atoms with Crippen molar-refractivity contribution < 1.29 is 23.5 Å². The summed E-state index contributed by atoms with van der Waals surface area (Å²) in [5, 5.41) is 0. The predicted octanol–water partition coefficient (Wildman–Crippen LogP) is 4.55. The second-order valence-corrected chi connectivity index (χ2v) is 8.11. The van der Waals surface area contributed by atoms with Gasteiger partial charge in [-0.2, -0.15) is 0 Å². The predicted molar refractivity (Wildman–Crippen MR) is 114 cm³/mol. The molecular formula is C19H13BrFNO4S2. The molecule has 28 heavy (non-hydrogen) atoms. The van der Waals surface area contributed by atoms with Crippen LogP contribution < -0.4 is 9.64 Å². The summed E-state index contributed by atoms with van der Waals surface area (Å²) < 4.78 is 25.2. The molecule has 9 heteroatoms. The minimum Gasteiger partial charge on any atom is -0.481 e. The number of ether oxygens (including phenoxy) is 2. The van der Waals surface area contributed by atoms with Crippen LogP contribution in [0.5, 0.6) is 5.75 Å². The van der Waals surface area contributed by atoms with E-state index in [9.17, 15) is 14.0 Å². The first-order valence-corrected chi connectivity index (χ1v) is 9.94. The number of carbonyl (C=O) groups is 2. The van der Waals surface area contributed by atoms with Gasteiger partial charge >= 0.3 is 5.97 Å². The van der Waals surface area contributed by atoms with Crippen LogP contribution >= 0.6 is 39.9 Å². The number of hydrogen-bond donors (Lipinski definition) is 0. The third kappa shape index (κ3) is 4.43. The van der Waals surface area contributed by atoms with Gasteiger partial charge in [-0.25, -0.2) is 9.18 Å². The van der Waals surface area contributed by atoms with Gasteiger partial charge in [0.05, 0.1) is 17.7 Å². The zero-order chi connectivity index (χ0) is 20.3. The fourth-order valence-corrected chi connectivity index (χ4v) is 4.06. The molecule has 3 rings (SSSR count). The van der Waals surface area contributed by atoms with Gasteiger partial charge in [-0.1, -0.05) is 52.0 Å². The molecule has 0 radical (unpaired) electrons. The first-order valence-electron chi connectivity index (χ1n) is 7.92. The molecule has 1 heterocycles. The van der Waals surface area contributed by atoms with Crippen LogP contribution in [0, 0.1) is 5.82 Å². The first kappa shape index (κ1) is 20.5. The van der Waals surface area contributed by atoms with Crippen LogP contribution in [-0.2, 0) is 14.3 Å². The molecular weight excluding hydrogens is 469 g/mol.